The van der Waals surface area contributed by atoms with Crippen LogP contribution in [0.1, 0.15) is 6.42 Å². The van der Waals surface area contributed by atoms with E-state index in [1.54, 1.807) is 0 Å². The van der Waals surface area contributed by atoms with Gasteiger partial charge in [0.25, 0.3) is 0 Å². The molecular weight excluding hydrogens is 120 g/mol. The number of carboxylic acid groups (broad SMARTS) is 1. The minimum absolute atomic E-state index is 0.350. The second-order valence-corrected chi connectivity index (χ2v) is 2.75. The van der Waals surface area contributed by atoms with E-state index in [1.807, 2.05) is 0 Å². The summed E-state index contributed by atoms with van der Waals surface area (Å²) < 4.78 is 4.98. The van der Waals surface area contributed by atoms with E-state index < -0.39 is 12.1 Å². The average molecular weight is 128 g/mol. The Kier molecular flexibility index (Phi) is 0.858. The van der Waals surface area contributed by atoms with Crippen molar-refractivity contribution in [3.8, 4) is 0 Å². The zero-order chi connectivity index (χ0) is 6.43. The predicted octanol–water partition coefficient (Wildman–Crippen LogP) is 0.106. The average Bonchev–Trinajstić information content (AvgIpc) is 2.43. The van der Waals surface area contributed by atoms with Crippen molar-refractivity contribution >= 4 is 5.97 Å². The molecule has 1 N–H and O–H groups in total. The summed E-state index contributed by atoms with van der Waals surface area (Å²) >= 11 is 0. The molecule has 0 aromatic carbocycles. The molecule has 3 atom stereocenters. The zero-order valence-electron chi connectivity index (χ0n) is 4.91. The van der Waals surface area contributed by atoms with Gasteiger partial charge in [0.05, 0.1) is 6.61 Å². The fraction of sp³-hybridized carbons (Fsp3) is 0.833. The number of carbonyl (C=O) groups is 1. The Morgan fingerprint density at radius 3 is 2.67 bits per heavy atom. The number of aliphatic carboxylic acids is 1. The molecule has 1 saturated heterocycles. The van der Waals surface area contributed by atoms with E-state index in [1.165, 1.54) is 0 Å². The van der Waals surface area contributed by atoms with Crippen molar-refractivity contribution < 1.29 is 14.6 Å². The summed E-state index contributed by atoms with van der Waals surface area (Å²) in [6, 6.07) is 0. The van der Waals surface area contributed by atoms with Gasteiger partial charge in [-0.05, 0) is 12.3 Å². The maximum absolute atomic E-state index is 10.3. The third-order valence-corrected chi connectivity index (χ3v) is 2.10. The largest absolute Gasteiger partial charge is 0.479 e. The Hall–Kier alpha value is -0.570. The Morgan fingerprint density at radius 2 is 2.44 bits per heavy atom. The van der Waals surface area contributed by atoms with Crippen molar-refractivity contribution in [2.45, 2.75) is 12.5 Å². The highest BCUT2D eigenvalue weighted by Gasteiger charge is 2.52. The van der Waals surface area contributed by atoms with Gasteiger partial charge in [0.1, 0.15) is 0 Å². The lowest BCUT2D eigenvalue weighted by molar-refractivity contribution is -0.149. The van der Waals surface area contributed by atoms with Gasteiger partial charge in [-0.1, -0.05) is 0 Å². The van der Waals surface area contributed by atoms with Gasteiger partial charge in [-0.3, -0.25) is 0 Å². The normalized spacial score (nSPS) is 46.4. The first-order valence-electron chi connectivity index (χ1n) is 3.13. The molecule has 2 aliphatic rings. The van der Waals surface area contributed by atoms with Crippen molar-refractivity contribution in [3.05, 3.63) is 0 Å². The van der Waals surface area contributed by atoms with Gasteiger partial charge in [-0.15, -0.1) is 0 Å². The van der Waals surface area contributed by atoms with E-state index >= 15 is 0 Å². The van der Waals surface area contributed by atoms with Crippen LogP contribution >= 0.6 is 0 Å². The lowest BCUT2D eigenvalue weighted by Gasteiger charge is -2.03. The second kappa shape index (κ2) is 1.48. The first-order chi connectivity index (χ1) is 4.29. The molecule has 0 bridgehead atoms. The molecule has 2 rings (SSSR count). The summed E-state index contributed by atoms with van der Waals surface area (Å²) in [5.41, 5.74) is 0. The van der Waals surface area contributed by atoms with Gasteiger partial charge in [0, 0.05) is 5.92 Å². The van der Waals surface area contributed by atoms with Crippen LogP contribution in [0.4, 0.5) is 0 Å². The van der Waals surface area contributed by atoms with Crippen molar-refractivity contribution in [3.63, 3.8) is 0 Å². The Morgan fingerprint density at radius 1 is 1.67 bits per heavy atom. The van der Waals surface area contributed by atoms with Crippen LogP contribution in [-0.4, -0.2) is 23.8 Å². The molecular formula is C6H8O3. The molecule has 1 saturated carbocycles. The van der Waals surface area contributed by atoms with Crippen LogP contribution in [0.25, 0.3) is 0 Å². The van der Waals surface area contributed by atoms with E-state index in [2.05, 4.69) is 0 Å². The van der Waals surface area contributed by atoms with Gasteiger partial charge in [0.15, 0.2) is 6.10 Å². The molecule has 0 spiro atoms. The van der Waals surface area contributed by atoms with E-state index in [9.17, 15) is 4.79 Å². The molecule has 1 aliphatic heterocycles. The number of carboxylic acids is 1. The fourth-order valence-electron chi connectivity index (χ4n) is 1.44. The standard InChI is InChI=1S/C6H8O3/c7-6(8)5-4-1-3(4)2-9-5/h3-5H,1-2H2,(H,7,8). The molecule has 0 amide bonds. The van der Waals surface area contributed by atoms with E-state index in [0.29, 0.717) is 18.4 Å². The highest BCUT2D eigenvalue weighted by Crippen LogP contribution is 2.47. The molecule has 1 heterocycles. The summed E-state index contributed by atoms with van der Waals surface area (Å²) in [5.74, 6) is 0.133. The molecule has 0 radical (unpaired) electrons. The highest BCUT2D eigenvalue weighted by atomic mass is 16.5. The van der Waals surface area contributed by atoms with Gasteiger partial charge in [-0.2, -0.15) is 0 Å². The third-order valence-electron chi connectivity index (χ3n) is 2.10. The first kappa shape index (κ1) is 5.23. The van der Waals surface area contributed by atoms with E-state index in [-0.39, 0.29) is 0 Å². The maximum atomic E-state index is 10.3. The lowest BCUT2D eigenvalue weighted by Crippen LogP contribution is -2.22. The fourth-order valence-corrected chi connectivity index (χ4v) is 1.44. The molecule has 0 aromatic rings. The van der Waals surface area contributed by atoms with Crippen LogP contribution in [0.5, 0.6) is 0 Å². The number of fused-ring (bicyclic) bond motifs is 1. The second-order valence-electron chi connectivity index (χ2n) is 2.75. The number of rotatable bonds is 1. The quantitative estimate of drug-likeness (QED) is 0.545. The minimum atomic E-state index is -0.792. The Labute approximate surface area is 52.6 Å². The number of hydrogen-bond acceptors (Lipinski definition) is 2. The van der Waals surface area contributed by atoms with Crippen molar-refractivity contribution in [1.82, 2.24) is 0 Å². The van der Waals surface area contributed by atoms with Gasteiger partial charge in [0.2, 0.25) is 0 Å². The van der Waals surface area contributed by atoms with E-state index in [0.717, 1.165) is 6.42 Å². The van der Waals surface area contributed by atoms with Crippen LogP contribution in [0.2, 0.25) is 0 Å². The molecule has 0 aromatic heterocycles. The summed E-state index contributed by atoms with van der Waals surface area (Å²) in [6.45, 7) is 0.668. The van der Waals surface area contributed by atoms with Crippen LogP contribution in [0.15, 0.2) is 0 Å². The lowest BCUT2D eigenvalue weighted by atomic mass is 10.2. The summed E-state index contributed by atoms with van der Waals surface area (Å²) in [4.78, 5) is 10.3. The molecule has 3 nitrogen and oxygen atoms in total. The smallest absolute Gasteiger partial charge is 0.333 e. The molecule has 50 valence electrons. The first-order valence-corrected chi connectivity index (χ1v) is 3.13. The highest BCUT2D eigenvalue weighted by molar-refractivity contribution is 5.73. The minimum Gasteiger partial charge on any atom is -0.479 e. The van der Waals surface area contributed by atoms with Gasteiger partial charge >= 0.3 is 5.97 Å². The van der Waals surface area contributed by atoms with E-state index in [4.69, 9.17) is 9.84 Å². The van der Waals surface area contributed by atoms with Crippen LogP contribution in [-0.2, 0) is 9.53 Å². The third kappa shape index (κ3) is 0.645. The SMILES string of the molecule is O=C(O)C1OCC2CC21. The number of hydrogen-bond donors (Lipinski definition) is 1. The van der Waals surface area contributed by atoms with Crippen molar-refractivity contribution in [2.75, 3.05) is 6.61 Å². The zero-order valence-corrected chi connectivity index (χ0v) is 4.91. The molecule has 1 aliphatic carbocycles. The topological polar surface area (TPSA) is 46.5 Å². The monoisotopic (exact) mass is 128 g/mol. The summed E-state index contributed by atoms with van der Waals surface area (Å²) in [5, 5.41) is 8.49. The van der Waals surface area contributed by atoms with Crippen LogP contribution in [0.3, 0.4) is 0 Å². The molecule has 3 heteroatoms. The Balaban J connectivity index is 2.06. The molecule has 2 fully saturated rings. The summed E-state index contributed by atoms with van der Waals surface area (Å²) in [6.07, 6.45) is 0.590. The summed E-state index contributed by atoms with van der Waals surface area (Å²) in [7, 11) is 0. The maximum Gasteiger partial charge on any atom is 0.333 e. The van der Waals surface area contributed by atoms with Crippen molar-refractivity contribution in [1.29, 1.82) is 0 Å². The number of ether oxygens (including phenoxy) is 1. The Bertz CT molecular complexity index is 154. The van der Waals surface area contributed by atoms with Gasteiger partial charge < -0.3 is 9.84 Å². The van der Waals surface area contributed by atoms with Gasteiger partial charge in [-0.25, -0.2) is 4.79 Å². The predicted molar refractivity (Wildman–Crippen MR) is 29.0 cm³/mol. The van der Waals surface area contributed by atoms with Crippen molar-refractivity contribution in [2.24, 2.45) is 11.8 Å². The van der Waals surface area contributed by atoms with Crippen LogP contribution < -0.4 is 0 Å². The molecule has 3 unspecified atom stereocenters. The van der Waals surface area contributed by atoms with Crippen LogP contribution in [0, 0.1) is 11.8 Å². The molecule has 9 heavy (non-hydrogen) atoms.